The maximum atomic E-state index is 4.63. The monoisotopic (exact) mass is 285 g/mol. The van der Waals surface area contributed by atoms with Crippen molar-refractivity contribution >= 4 is 5.95 Å². The minimum atomic E-state index is 0.562. The molecular formula is C16H23N5. The molecule has 0 atom stereocenters. The molecule has 0 amide bonds. The van der Waals surface area contributed by atoms with Crippen LogP contribution in [0.3, 0.4) is 0 Å². The predicted octanol–water partition coefficient (Wildman–Crippen LogP) is 3.08. The second kappa shape index (κ2) is 6.24. The van der Waals surface area contributed by atoms with Gasteiger partial charge in [-0.15, -0.1) is 0 Å². The summed E-state index contributed by atoms with van der Waals surface area (Å²) in [6.45, 7) is 4.69. The SMILES string of the molecule is Cc1cn(Cc2ccnc(C)n2)c(NC2CCCCC2)n1. The molecule has 1 fully saturated rings. The summed E-state index contributed by atoms with van der Waals surface area (Å²) in [7, 11) is 0. The van der Waals surface area contributed by atoms with Crippen LogP contribution < -0.4 is 5.32 Å². The molecule has 5 nitrogen and oxygen atoms in total. The van der Waals surface area contributed by atoms with Crippen molar-refractivity contribution < 1.29 is 0 Å². The lowest BCUT2D eigenvalue weighted by Gasteiger charge is -2.23. The molecule has 2 heterocycles. The quantitative estimate of drug-likeness (QED) is 0.938. The van der Waals surface area contributed by atoms with Crippen LogP contribution in [0.25, 0.3) is 0 Å². The summed E-state index contributed by atoms with van der Waals surface area (Å²) in [5, 5.41) is 3.61. The van der Waals surface area contributed by atoms with E-state index in [9.17, 15) is 0 Å². The van der Waals surface area contributed by atoms with Crippen molar-refractivity contribution in [2.45, 2.75) is 58.5 Å². The first-order chi connectivity index (χ1) is 10.2. The Kier molecular flexibility index (Phi) is 4.18. The Morgan fingerprint density at radius 2 is 2.00 bits per heavy atom. The van der Waals surface area contributed by atoms with E-state index < -0.39 is 0 Å². The van der Waals surface area contributed by atoms with Crippen LogP contribution in [-0.2, 0) is 6.54 Å². The van der Waals surface area contributed by atoms with E-state index in [1.165, 1.54) is 32.1 Å². The van der Waals surface area contributed by atoms with Gasteiger partial charge in [0, 0.05) is 18.4 Å². The Morgan fingerprint density at radius 3 is 2.76 bits per heavy atom. The standard InChI is InChI=1S/C16H23N5/c1-12-10-21(11-15-8-9-17-13(2)19-15)16(18-12)20-14-6-4-3-5-7-14/h8-10,14H,3-7,11H2,1-2H3,(H,18,20). The van der Waals surface area contributed by atoms with Crippen molar-refractivity contribution in [3.8, 4) is 0 Å². The number of hydrogen-bond donors (Lipinski definition) is 1. The minimum absolute atomic E-state index is 0.562. The third kappa shape index (κ3) is 3.60. The lowest BCUT2D eigenvalue weighted by atomic mass is 9.96. The molecule has 0 radical (unpaired) electrons. The van der Waals surface area contributed by atoms with Crippen LogP contribution in [0.5, 0.6) is 0 Å². The first-order valence-corrected chi connectivity index (χ1v) is 7.79. The number of aryl methyl sites for hydroxylation is 2. The fourth-order valence-electron chi connectivity index (χ4n) is 2.98. The van der Waals surface area contributed by atoms with Gasteiger partial charge in [0.25, 0.3) is 0 Å². The number of nitrogens with zero attached hydrogens (tertiary/aromatic N) is 4. The van der Waals surface area contributed by atoms with Gasteiger partial charge in [-0.05, 0) is 32.8 Å². The Balaban J connectivity index is 1.75. The van der Waals surface area contributed by atoms with Crippen LogP contribution in [0.4, 0.5) is 5.95 Å². The van der Waals surface area contributed by atoms with Gasteiger partial charge in [0.2, 0.25) is 5.95 Å². The molecule has 1 N–H and O–H groups in total. The highest BCUT2D eigenvalue weighted by atomic mass is 15.2. The molecule has 1 saturated carbocycles. The van der Waals surface area contributed by atoms with E-state index in [0.717, 1.165) is 29.7 Å². The third-order valence-corrected chi connectivity index (χ3v) is 4.00. The molecule has 0 spiro atoms. The lowest BCUT2D eigenvalue weighted by Crippen LogP contribution is -2.24. The van der Waals surface area contributed by atoms with Crippen LogP contribution >= 0.6 is 0 Å². The molecule has 2 aromatic heterocycles. The van der Waals surface area contributed by atoms with Crippen molar-refractivity contribution in [2.24, 2.45) is 0 Å². The molecule has 112 valence electrons. The second-order valence-corrected chi connectivity index (χ2v) is 5.91. The van der Waals surface area contributed by atoms with Crippen molar-refractivity contribution in [3.05, 3.63) is 35.7 Å². The first-order valence-electron chi connectivity index (χ1n) is 7.79. The molecule has 2 aromatic rings. The second-order valence-electron chi connectivity index (χ2n) is 5.91. The van der Waals surface area contributed by atoms with E-state index >= 15 is 0 Å². The highest BCUT2D eigenvalue weighted by molar-refractivity contribution is 5.31. The zero-order valence-corrected chi connectivity index (χ0v) is 12.8. The molecule has 0 saturated heterocycles. The highest BCUT2D eigenvalue weighted by Gasteiger charge is 2.16. The van der Waals surface area contributed by atoms with Gasteiger partial charge in [0.15, 0.2) is 0 Å². The summed E-state index contributed by atoms with van der Waals surface area (Å²) in [6.07, 6.45) is 10.4. The average molecular weight is 285 g/mol. The lowest BCUT2D eigenvalue weighted by molar-refractivity contribution is 0.459. The van der Waals surface area contributed by atoms with Crippen molar-refractivity contribution in [2.75, 3.05) is 5.32 Å². The number of anilines is 1. The fraction of sp³-hybridized carbons (Fsp3) is 0.562. The number of hydrogen-bond acceptors (Lipinski definition) is 4. The number of nitrogens with one attached hydrogen (secondary N) is 1. The van der Waals surface area contributed by atoms with Crippen molar-refractivity contribution in [3.63, 3.8) is 0 Å². The molecule has 21 heavy (non-hydrogen) atoms. The highest BCUT2D eigenvalue weighted by Crippen LogP contribution is 2.21. The van der Waals surface area contributed by atoms with Gasteiger partial charge in [-0.1, -0.05) is 19.3 Å². The number of aromatic nitrogens is 4. The van der Waals surface area contributed by atoms with Gasteiger partial charge in [-0.2, -0.15) is 0 Å². The van der Waals surface area contributed by atoms with Crippen LogP contribution in [0.2, 0.25) is 0 Å². The Bertz CT molecular complexity index is 598. The third-order valence-electron chi connectivity index (χ3n) is 4.00. The van der Waals surface area contributed by atoms with Crippen molar-refractivity contribution in [1.29, 1.82) is 0 Å². The van der Waals surface area contributed by atoms with Crippen LogP contribution in [-0.4, -0.2) is 25.6 Å². The van der Waals surface area contributed by atoms with Crippen molar-refractivity contribution in [1.82, 2.24) is 19.5 Å². The predicted molar refractivity (Wildman–Crippen MR) is 83.3 cm³/mol. The van der Waals surface area contributed by atoms with E-state index in [2.05, 4.69) is 31.0 Å². The normalized spacial score (nSPS) is 16.1. The van der Waals surface area contributed by atoms with E-state index in [0.29, 0.717) is 6.04 Å². The fourth-order valence-corrected chi connectivity index (χ4v) is 2.98. The minimum Gasteiger partial charge on any atom is -0.353 e. The molecule has 1 aliphatic rings. The van der Waals surface area contributed by atoms with E-state index in [1.54, 1.807) is 0 Å². The summed E-state index contributed by atoms with van der Waals surface area (Å²) in [5.41, 5.74) is 2.06. The molecule has 1 aliphatic carbocycles. The smallest absolute Gasteiger partial charge is 0.203 e. The van der Waals surface area contributed by atoms with E-state index in [-0.39, 0.29) is 0 Å². The first kappa shape index (κ1) is 14.0. The van der Waals surface area contributed by atoms with E-state index in [4.69, 9.17) is 0 Å². The van der Waals surface area contributed by atoms with Crippen LogP contribution in [0.1, 0.15) is 49.3 Å². The van der Waals surface area contributed by atoms with Gasteiger partial charge in [0.05, 0.1) is 17.9 Å². The summed E-state index contributed by atoms with van der Waals surface area (Å²) >= 11 is 0. The van der Waals surface area contributed by atoms with Gasteiger partial charge >= 0.3 is 0 Å². The van der Waals surface area contributed by atoms with Gasteiger partial charge in [0.1, 0.15) is 5.82 Å². The average Bonchev–Trinajstić information content (AvgIpc) is 2.80. The summed E-state index contributed by atoms with van der Waals surface area (Å²) < 4.78 is 2.16. The van der Waals surface area contributed by atoms with E-state index in [1.807, 2.05) is 26.1 Å². The Labute approximate surface area is 125 Å². The Morgan fingerprint density at radius 1 is 1.19 bits per heavy atom. The van der Waals surface area contributed by atoms with Gasteiger partial charge in [-0.25, -0.2) is 15.0 Å². The molecular weight excluding hydrogens is 262 g/mol. The molecule has 0 bridgehead atoms. The van der Waals surface area contributed by atoms with Crippen LogP contribution in [0, 0.1) is 13.8 Å². The van der Waals surface area contributed by atoms with Gasteiger partial charge < -0.3 is 9.88 Å². The number of rotatable bonds is 4. The molecule has 0 aromatic carbocycles. The topological polar surface area (TPSA) is 55.6 Å². The molecule has 0 aliphatic heterocycles. The Hall–Kier alpha value is -1.91. The number of imidazole rings is 1. The zero-order valence-electron chi connectivity index (χ0n) is 12.8. The largest absolute Gasteiger partial charge is 0.353 e. The summed E-state index contributed by atoms with van der Waals surface area (Å²) in [4.78, 5) is 13.3. The maximum absolute atomic E-state index is 4.63. The zero-order chi connectivity index (χ0) is 14.7. The molecule has 3 rings (SSSR count). The van der Waals surface area contributed by atoms with Crippen LogP contribution in [0.15, 0.2) is 18.5 Å². The molecule has 0 unspecified atom stereocenters. The molecule has 5 heteroatoms. The maximum Gasteiger partial charge on any atom is 0.203 e. The summed E-state index contributed by atoms with van der Waals surface area (Å²) in [6, 6.07) is 2.53. The van der Waals surface area contributed by atoms with Gasteiger partial charge in [-0.3, -0.25) is 0 Å². The summed E-state index contributed by atoms with van der Waals surface area (Å²) in [5.74, 6) is 1.78.